The number of pyridine rings is 1. The molecular formula is C25H24F3N5O2S. The molecule has 7 nitrogen and oxygen atoms in total. The number of anilines is 2. The predicted molar refractivity (Wildman–Crippen MR) is 131 cm³/mol. The van der Waals surface area contributed by atoms with Crippen molar-refractivity contribution in [1.82, 2.24) is 9.88 Å². The number of ether oxygens (including phenoxy) is 1. The first kappa shape index (κ1) is 24.5. The standard InChI is InChI=1S/C25H24F3N5O2S/c1-31-11-7-19(8-12-31)35-21-6-5-18(15-30-21)33-23(36)32(22(34)24(33)9-2-10-24)17-4-3-16(14-29)20(13-17)25(26,27)28/h3-6,13,15,19H,2,7-12H2,1H3. The van der Waals surface area contributed by atoms with Crippen LogP contribution in [0, 0.1) is 11.3 Å². The van der Waals surface area contributed by atoms with Crippen LogP contribution in [-0.2, 0) is 11.0 Å². The van der Waals surface area contributed by atoms with Crippen molar-refractivity contribution in [2.24, 2.45) is 0 Å². The molecule has 5 rings (SSSR count). The summed E-state index contributed by atoms with van der Waals surface area (Å²) in [7, 11) is 2.07. The first-order valence-electron chi connectivity index (χ1n) is 11.8. The number of aromatic nitrogens is 1. The summed E-state index contributed by atoms with van der Waals surface area (Å²) in [5, 5.41) is 9.20. The van der Waals surface area contributed by atoms with Crippen LogP contribution in [0.3, 0.4) is 0 Å². The number of rotatable bonds is 4. The van der Waals surface area contributed by atoms with E-state index >= 15 is 0 Å². The molecular weight excluding hydrogens is 491 g/mol. The Morgan fingerprint density at radius 3 is 2.42 bits per heavy atom. The molecule has 1 spiro atoms. The SMILES string of the molecule is CN1CCC(Oc2ccc(N3C(=S)N(c4ccc(C#N)c(C(F)(F)F)c4)C(=O)C34CCC4)cn2)CC1. The minimum absolute atomic E-state index is 0.0136. The Balaban J connectivity index is 1.43. The highest BCUT2D eigenvalue weighted by Gasteiger charge is 2.59. The maximum atomic E-state index is 13.6. The summed E-state index contributed by atoms with van der Waals surface area (Å²) in [6, 6.07) is 8.29. The molecule has 1 aromatic heterocycles. The second-order valence-electron chi connectivity index (χ2n) is 9.46. The fraction of sp³-hybridized carbons (Fsp3) is 0.440. The van der Waals surface area contributed by atoms with Gasteiger partial charge in [0.15, 0.2) is 5.11 Å². The summed E-state index contributed by atoms with van der Waals surface area (Å²) in [6.07, 6.45) is 0.601. The molecule has 0 unspecified atom stereocenters. The Hall–Kier alpha value is -3.23. The number of carbonyl (C=O) groups is 1. The number of hydrogen-bond acceptors (Lipinski definition) is 6. The number of alkyl halides is 3. The largest absolute Gasteiger partial charge is 0.474 e. The highest BCUT2D eigenvalue weighted by Crippen LogP contribution is 2.48. The van der Waals surface area contributed by atoms with E-state index in [1.54, 1.807) is 29.3 Å². The van der Waals surface area contributed by atoms with Crippen LogP contribution in [0.1, 0.15) is 43.2 Å². The number of hydrogen-bond donors (Lipinski definition) is 0. The third-order valence-electron chi connectivity index (χ3n) is 7.21. The summed E-state index contributed by atoms with van der Waals surface area (Å²) < 4.78 is 46.7. The number of halogens is 3. The van der Waals surface area contributed by atoms with Crippen molar-refractivity contribution >= 4 is 34.6 Å². The third-order valence-corrected chi connectivity index (χ3v) is 7.58. The zero-order chi connectivity index (χ0) is 25.7. The molecule has 1 amide bonds. The second kappa shape index (κ2) is 9.01. The lowest BCUT2D eigenvalue weighted by Crippen LogP contribution is -2.55. The molecule has 36 heavy (non-hydrogen) atoms. The zero-order valence-corrected chi connectivity index (χ0v) is 20.4. The Morgan fingerprint density at radius 2 is 1.86 bits per heavy atom. The molecule has 188 valence electrons. The fourth-order valence-corrected chi connectivity index (χ4v) is 5.53. The van der Waals surface area contributed by atoms with Crippen LogP contribution in [0.25, 0.3) is 0 Å². The van der Waals surface area contributed by atoms with Crippen LogP contribution in [0.5, 0.6) is 5.88 Å². The van der Waals surface area contributed by atoms with Crippen LogP contribution < -0.4 is 14.5 Å². The van der Waals surface area contributed by atoms with E-state index in [9.17, 15) is 18.0 Å². The monoisotopic (exact) mass is 515 g/mol. The van der Waals surface area contributed by atoms with E-state index in [0.717, 1.165) is 49.4 Å². The molecule has 2 saturated heterocycles. The molecule has 1 aliphatic carbocycles. The van der Waals surface area contributed by atoms with Crippen LogP contribution in [0.2, 0.25) is 0 Å². The topological polar surface area (TPSA) is 72.7 Å². The molecule has 0 N–H and O–H groups in total. The lowest BCUT2D eigenvalue weighted by atomic mass is 9.75. The average molecular weight is 516 g/mol. The van der Waals surface area contributed by atoms with E-state index in [1.165, 1.54) is 6.07 Å². The van der Waals surface area contributed by atoms with Gasteiger partial charge in [-0.15, -0.1) is 0 Å². The Kier molecular flexibility index (Phi) is 6.12. The van der Waals surface area contributed by atoms with Crippen molar-refractivity contribution in [3.8, 4) is 11.9 Å². The van der Waals surface area contributed by atoms with Crippen LogP contribution in [0.15, 0.2) is 36.5 Å². The van der Waals surface area contributed by atoms with E-state index in [1.807, 2.05) is 0 Å². The lowest BCUT2D eigenvalue weighted by molar-refractivity contribution is -0.137. The van der Waals surface area contributed by atoms with E-state index in [2.05, 4.69) is 16.9 Å². The van der Waals surface area contributed by atoms with Crippen LogP contribution in [-0.4, -0.2) is 52.7 Å². The molecule has 3 aliphatic rings. The number of nitrogens with zero attached hydrogens (tertiary/aromatic N) is 5. The average Bonchev–Trinajstić information content (AvgIpc) is 3.07. The summed E-state index contributed by atoms with van der Waals surface area (Å²) in [5.41, 5.74) is -2.00. The van der Waals surface area contributed by atoms with Crippen molar-refractivity contribution in [2.45, 2.75) is 49.9 Å². The lowest BCUT2D eigenvalue weighted by Gasteiger charge is -2.42. The number of piperidine rings is 1. The van der Waals surface area contributed by atoms with Gasteiger partial charge in [-0.25, -0.2) is 4.98 Å². The van der Waals surface area contributed by atoms with Gasteiger partial charge in [0.05, 0.1) is 34.8 Å². The van der Waals surface area contributed by atoms with Gasteiger partial charge >= 0.3 is 6.18 Å². The molecule has 1 aromatic carbocycles. The van der Waals surface area contributed by atoms with E-state index in [-0.39, 0.29) is 22.8 Å². The van der Waals surface area contributed by atoms with Gasteiger partial charge in [0.25, 0.3) is 5.91 Å². The number of amides is 1. The van der Waals surface area contributed by atoms with Crippen molar-refractivity contribution in [3.63, 3.8) is 0 Å². The van der Waals surface area contributed by atoms with E-state index in [4.69, 9.17) is 22.2 Å². The smallest absolute Gasteiger partial charge is 0.417 e. The predicted octanol–water partition coefficient (Wildman–Crippen LogP) is 4.51. The quantitative estimate of drug-likeness (QED) is 0.555. The minimum atomic E-state index is -4.74. The molecule has 3 heterocycles. The van der Waals surface area contributed by atoms with Crippen molar-refractivity contribution in [1.29, 1.82) is 5.26 Å². The normalized spacial score (nSPS) is 20.5. The van der Waals surface area contributed by atoms with Crippen molar-refractivity contribution in [3.05, 3.63) is 47.7 Å². The number of carbonyl (C=O) groups excluding carboxylic acids is 1. The molecule has 0 radical (unpaired) electrons. The zero-order valence-electron chi connectivity index (χ0n) is 19.6. The van der Waals surface area contributed by atoms with E-state index in [0.29, 0.717) is 24.4 Å². The fourth-order valence-electron chi connectivity index (χ4n) is 5.06. The first-order chi connectivity index (χ1) is 17.1. The molecule has 0 bridgehead atoms. The Morgan fingerprint density at radius 1 is 1.17 bits per heavy atom. The van der Waals surface area contributed by atoms with Gasteiger partial charge in [0.2, 0.25) is 5.88 Å². The number of thiocarbonyl (C=S) groups is 1. The van der Waals surface area contributed by atoms with Gasteiger partial charge < -0.3 is 14.5 Å². The van der Waals surface area contributed by atoms with Gasteiger partial charge in [-0.1, -0.05) is 0 Å². The number of benzene rings is 1. The summed E-state index contributed by atoms with van der Waals surface area (Å²) in [4.78, 5) is 23.1. The van der Waals surface area contributed by atoms with Gasteiger partial charge in [-0.3, -0.25) is 9.69 Å². The van der Waals surface area contributed by atoms with Gasteiger partial charge in [0, 0.05) is 19.2 Å². The van der Waals surface area contributed by atoms with Gasteiger partial charge in [-0.05, 0) is 75.6 Å². The summed E-state index contributed by atoms with van der Waals surface area (Å²) >= 11 is 5.65. The molecule has 2 aliphatic heterocycles. The summed E-state index contributed by atoms with van der Waals surface area (Å²) in [5.74, 6) is 0.106. The third kappa shape index (κ3) is 4.08. The van der Waals surface area contributed by atoms with E-state index < -0.39 is 22.8 Å². The number of nitriles is 1. The van der Waals surface area contributed by atoms with Crippen LogP contribution >= 0.6 is 12.2 Å². The molecule has 2 aromatic rings. The molecule has 0 atom stereocenters. The first-order valence-corrected chi connectivity index (χ1v) is 12.2. The minimum Gasteiger partial charge on any atom is -0.474 e. The highest BCUT2D eigenvalue weighted by atomic mass is 32.1. The van der Waals surface area contributed by atoms with Crippen molar-refractivity contribution < 1.29 is 22.7 Å². The maximum Gasteiger partial charge on any atom is 0.417 e. The molecule has 1 saturated carbocycles. The second-order valence-corrected chi connectivity index (χ2v) is 9.82. The number of likely N-dealkylation sites (tertiary alicyclic amines) is 1. The Bertz CT molecular complexity index is 1230. The molecule has 11 heteroatoms. The molecule has 3 fully saturated rings. The van der Waals surface area contributed by atoms with Crippen LogP contribution in [0.4, 0.5) is 24.5 Å². The summed E-state index contributed by atoms with van der Waals surface area (Å²) in [6.45, 7) is 1.91. The Labute approximate surface area is 212 Å². The van der Waals surface area contributed by atoms with Crippen molar-refractivity contribution in [2.75, 3.05) is 29.9 Å². The van der Waals surface area contributed by atoms with Gasteiger partial charge in [0.1, 0.15) is 11.6 Å². The van der Waals surface area contributed by atoms with Gasteiger partial charge in [-0.2, -0.15) is 18.4 Å². The highest BCUT2D eigenvalue weighted by molar-refractivity contribution is 7.81. The maximum absolute atomic E-state index is 13.6.